The van der Waals surface area contributed by atoms with Gasteiger partial charge < -0.3 is 9.67 Å². The van der Waals surface area contributed by atoms with E-state index in [4.69, 9.17) is 5.11 Å². The van der Waals surface area contributed by atoms with E-state index in [0.29, 0.717) is 11.5 Å². The number of fused-ring (bicyclic) bond motifs is 1. The van der Waals surface area contributed by atoms with Crippen LogP contribution < -0.4 is 0 Å². The van der Waals surface area contributed by atoms with E-state index in [-0.39, 0.29) is 12.4 Å². The van der Waals surface area contributed by atoms with Crippen LogP contribution in [-0.2, 0) is 6.54 Å². The summed E-state index contributed by atoms with van der Waals surface area (Å²) in [4.78, 5) is 11.0. The van der Waals surface area contributed by atoms with E-state index < -0.39 is 5.97 Å². The third-order valence-electron chi connectivity index (χ3n) is 2.89. The summed E-state index contributed by atoms with van der Waals surface area (Å²) in [6.07, 6.45) is 2.09. The molecule has 0 bridgehead atoms. The molecule has 0 spiro atoms. The van der Waals surface area contributed by atoms with Crippen molar-refractivity contribution < 1.29 is 9.90 Å². The van der Waals surface area contributed by atoms with Gasteiger partial charge in [0.1, 0.15) is 0 Å². The molecule has 0 amide bonds. The number of carboxylic acids is 1. The Morgan fingerprint density at radius 3 is 2.61 bits per heavy atom. The minimum absolute atomic E-state index is 0. The molecule has 2 aromatic rings. The van der Waals surface area contributed by atoms with Crippen LogP contribution in [-0.4, -0.2) is 15.6 Å². The second-order valence-corrected chi connectivity index (χ2v) is 4.90. The number of halogens is 1. The van der Waals surface area contributed by atoms with E-state index in [1.807, 2.05) is 6.07 Å². The number of hydrogen-bond acceptors (Lipinski definition) is 1. The van der Waals surface area contributed by atoms with E-state index in [9.17, 15) is 4.79 Å². The van der Waals surface area contributed by atoms with E-state index in [1.54, 1.807) is 12.1 Å². The molecule has 0 atom stereocenters. The van der Waals surface area contributed by atoms with Crippen molar-refractivity contribution >= 4 is 29.3 Å². The van der Waals surface area contributed by atoms with Gasteiger partial charge in [0.2, 0.25) is 0 Å². The Hall–Kier alpha value is -1.48. The van der Waals surface area contributed by atoms with E-state index in [2.05, 4.69) is 31.5 Å². The summed E-state index contributed by atoms with van der Waals surface area (Å²) in [6.45, 7) is 7.28. The topological polar surface area (TPSA) is 42.2 Å². The number of benzene rings is 1. The SMILES string of the molecule is Cc1cn(CC(C)C)c2cc(C(=O)O)ccc12.Cl. The monoisotopic (exact) mass is 267 g/mol. The predicted molar refractivity (Wildman–Crippen MR) is 75.7 cm³/mol. The highest BCUT2D eigenvalue weighted by Crippen LogP contribution is 2.23. The maximum absolute atomic E-state index is 11.0. The van der Waals surface area contributed by atoms with Gasteiger partial charge in [-0.3, -0.25) is 0 Å². The minimum Gasteiger partial charge on any atom is -0.478 e. The molecule has 98 valence electrons. The zero-order valence-corrected chi connectivity index (χ0v) is 11.6. The maximum atomic E-state index is 11.0. The number of aromatic nitrogens is 1. The van der Waals surface area contributed by atoms with Crippen LogP contribution in [0.4, 0.5) is 0 Å². The molecular weight excluding hydrogens is 250 g/mol. The van der Waals surface area contributed by atoms with Gasteiger partial charge >= 0.3 is 5.97 Å². The van der Waals surface area contributed by atoms with Gasteiger partial charge in [-0.05, 0) is 30.5 Å². The van der Waals surface area contributed by atoms with Crippen LogP contribution in [0.5, 0.6) is 0 Å². The van der Waals surface area contributed by atoms with Crippen molar-refractivity contribution in [2.45, 2.75) is 27.3 Å². The van der Waals surface area contributed by atoms with E-state index in [0.717, 1.165) is 17.4 Å². The second-order valence-electron chi connectivity index (χ2n) is 4.90. The fraction of sp³-hybridized carbons (Fsp3) is 0.357. The summed E-state index contributed by atoms with van der Waals surface area (Å²) in [5.41, 5.74) is 2.55. The Morgan fingerprint density at radius 1 is 1.39 bits per heavy atom. The molecule has 1 aromatic carbocycles. The van der Waals surface area contributed by atoms with Gasteiger partial charge in [0.15, 0.2) is 0 Å². The number of nitrogens with zero attached hydrogens (tertiary/aromatic N) is 1. The first kappa shape index (κ1) is 14.6. The van der Waals surface area contributed by atoms with Crippen molar-refractivity contribution in [2.24, 2.45) is 5.92 Å². The Morgan fingerprint density at radius 2 is 2.06 bits per heavy atom. The lowest BCUT2D eigenvalue weighted by Gasteiger charge is -2.08. The Kier molecular flexibility index (Phi) is 4.41. The van der Waals surface area contributed by atoms with Crippen LogP contribution in [0.15, 0.2) is 24.4 Å². The number of carbonyl (C=O) groups is 1. The molecule has 2 rings (SSSR count). The molecule has 0 unspecified atom stereocenters. The van der Waals surface area contributed by atoms with E-state index in [1.165, 1.54) is 5.56 Å². The Bertz CT molecular complexity index is 572. The van der Waals surface area contributed by atoms with Crippen molar-refractivity contribution in [2.75, 3.05) is 0 Å². The molecule has 0 aliphatic rings. The molecule has 1 aromatic heterocycles. The third kappa shape index (κ3) is 2.67. The van der Waals surface area contributed by atoms with Crippen LogP contribution in [0, 0.1) is 12.8 Å². The van der Waals surface area contributed by atoms with Crippen LogP contribution >= 0.6 is 12.4 Å². The molecule has 0 aliphatic heterocycles. The molecule has 3 nitrogen and oxygen atoms in total. The van der Waals surface area contributed by atoms with Gasteiger partial charge in [0.25, 0.3) is 0 Å². The van der Waals surface area contributed by atoms with Gasteiger partial charge in [-0.25, -0.2) is 4.79 Å². The average molecular weight is 268 g/mol. The number of carboxylic acid groups (broad SMARTS) is 1. The molecule has 0 saturated heterocycles. The molecule has 4 heteroatoms. The highest BCUT2D eigenvalue weighted by atomic mass is 35.5. The van der Waals surface area contributed by atoms with Crippen molar-refractivity contribution in [1.82, 2.24) is 4.57 Å². The molecule has 0 saturated carbocycles. The second kappa shape index (κ2) is 5.44. The molecule has 18 heavy (non-hydrogen) atoms. The predicted octanol–water partition coefficient (Wildman–Crippen LogP) is 3.73. The van der Waals surface area contributed by atoms with Crippen LogP contribution in [0.25, 0.3) is 10.9 Å². The van der Waals surface area contributed by atoms with Gasteiger partial charge in [-0.15, -0.1) is 12.4 Å². The number of hydrogen-bond donors (Lipinski definition) is 1. The highest BCUT2D eigenvalue weighted by molar-refractivity contribution is 5.94. The summed E-state index contributed by atoms with van der Waals surface area (Å²) >= 11 is 0. The lowest BCUT2D eigenvalue weighted by molar-refractivity contribution is 0.0697. The third-order valence-corrected chi connectivity index (χ3v) is 2.89. The fourth-order valence-corrected chi connectivity index (χ4v) is 2.15. The maximum Gasteiger partial charge on any atom is 0.335 e. The van der Waals surface area contributed by atoms with Gasteiger partial charge in [-0.1, -0.05) is 19.9 Å². The number of aromatic carboxylic acids is 1. The highest BCUT2D eigenvalue weighted by Gasteiger charge is 2.10. The first-order chi connectivity index (χ1) is 7.99. The molecule has 0 aliphatic carbocycles. The normalized spacial score (nSPS) is 10.7. The van der Waals surface area contributed by atoms with Crippen molar-refractivity contribution in [1.29, 1.82) is 0 Å². The summed E-state index contributed by atoms with van der Waals surface area (Å²) in [5.74, 6) is -0.333. The standard InChI is InChI=1S/C14H17NO2.ClH/c1-9(2)7-15-8-10(3)12-5-4-11(14(16)17)6-13(12)15;/h4-6,8-9H,7H2,1-3H3,(H,16,17);1H. The molecule has 0 fully saturated rings. The van der Waals surface area contributed by atoms with Gasteiger partial charge in [-0.2, -0.15) is 0 Å². The lowest BCUT2D eigenvalue weighted by atomic mass is 10.1. The smallest absolute Gasteiger partial charge is 0.335 e. The van der Waals surface area contributed by atoms with Gasteiger partial charge in [0.05, 0.1) is 5.56 Å². The zero-order valence-electron chi connectivity index (χ0n) is 10.8. The van der Waals surface area contributed by atoms with Crippen molar-refractivity contribution in [3.8, 4) is 0 Å². The molecular formula is C14H18ClNO2. The summed E-state index contributed by atoms with van der Waals surface area (Å²) < 4.78 is 2.14. The molecule has 1 N–H and O–H groups in total. The fourth-order valence-electron chi connectivity index (χ4n) is 2.15. The summed E-state index contributed by atoms with van der Waals surface area (Å²) in [7, 11) is 0. The quantitative estimate of drug-likeness (QED) is 0.921. The van der Waals surface area contributed by atoms with Crippen molar-refractivity contribution in [3.05, 3.63) is 35.5 Å². The van der Waals surface area contributed by atoms with Crippen molar-refractivity contribution in [3.63, 3.8) is 0 Å². The molecule has 1 heterocycles. The van der Waals surface area contributed by atoms with Crippen LogP contribution in [0.2, 0.25) is 0 Å². The minimum atomic E-state index is -0.873. The lowest BCUT2D eigenvalue weighted by Crippen LogP contribution is -2.03. The van der Waals surface area contributed by atoms with Crippen LogP contribution in [0.1, 0.15) is 29.8 Å². The first-order valence-electron chi connectivity index (χ1n) is 5.82. The molecule has 0 radical (unpaired) electrons. The first-order valence-corrected chi connectivity index (χ1v) is 5.82. The Labute approximate surface area is 113 Å². The number of rotatable bonds is 3. The average Bonchev–Trinajstić information content (AvgIpc) is 2.54. The number of aryl methyl sites for hydroxylation is 1. The summed E-state index contributed by atoms with van der Waals surface area (Å²) in [6, 6.07) is 5.31. The largest absolute Gasteiger partial charge is 0.478 e. The summed E-state index contributed by atoms with van der Waals surface area (Å²) in [5, 5.41) is 10.1. The van der Waals surface area contributed by atoms with E-state index >= 15 is 0 Å². The van der Waals surface area contributed by atoms with Crippen LogP contribution in [0.3, 0.4) is 0 Å². The zero-order chi connectivity index (χ0) is 12.6. The Balaban J connectivity index is 0.00000162. The van der Waals surface area contributed by atoms with Gasteiger partial charge in [0, 0.05) is 23.6 Å².